The summed E-state index contributed by atoms with van der Waals surface area (Å²) in [6.45, 7) is -0.691. The second-order valence-electron chi connectivity index (χ2n) is 4.17. The first-order valence-corrected chi connectivity index (χ1v) is 6.99. The lowest BCUT2D eigenvalue weighted by molar-refractivity contribution is -0.144. The maximum absolute atomic E-state index is 11.8. The fourth-order valence-corrected chi connectivity index (χ4v) is 1.70. The van der Waals surface area contributed by atoms with Crippen LogP contribution in [0.25, 0.3) is 0 Å². The van der Waals surface area contributed by atoms with E-state index in [4.69, 9.17) is 5.11 Å². The molecule has 0 spiro atoms. The van der Waals surface area contributed by atoms with Crippen LogP contribution in [0.1, 0.15) is 12.8 Å². The van der Waals surface area contributed by atoms with E-state index in [1.807, 2.05) is 0 Å². The number of amides is 1. The Bertz CT molecular complexity index is 415. The molecule has 1 fully saturated rings. The molecule has 0 unspecified atom stereocenters. The Morgan fingerprint density at radius 3 is 2.18 bits per heavy atom. The highest BCUT2D eigenvalue weighted by Crippen LogP contribution is 2.26. The van der Waals surface area contributed by atoms with E-state index in [2.05, 4.69) is 0 Å². The third kappa shape index (κ3) is 4.31. The smallest absolute Gasteiger partial charge is 0.323 e. The number of likely N-dealkylation sites (N-methyl/N-ethyl adjacent to an activating group) is 1. The van der Waals surface area contributed by atoms with Gasteiger partial charge in [-0.25, -0.2) is 8.42 Å². The van der Waals surface area contributed by atoms with Crippen molar-refractivity contribution in [2.45, 2.75) is 18.9 Å². The summed E-state index contributed by atoms with van der Waals surface area (Å²) in [4.78, 5) is 23.6. The number of aliphatic carboxylic acids is 1. The van der Waals surface area contributed by atoms with Crippen molar-refractivity contribution in [2.75, 3.05) is 26.4 Å². The van der Waals surface area contributed by atoms with Gasteiger partial charge in [-0.1, -0.05) is 0 Å². The standard InChI is InChI=1S/C9H16N2O5S/c1-10(17(2,15)16)5-8(12)11(6-9(13)14)7-3-4-7/h7H,3-6H2,1-2H3,(H,13,14). The van der Waals surface area contributed by atoms with Crippen LogP contribution in [-0.2, 0) is 19.6 Å². The van der Waals surface area contributed by atoms with Crippen molar-refractivity contribution in [1.82, 2.24) is 9.21 Å². The van der Waals surface area contributed by atoms with Crippen LogP contribution in [0.5, 0.6) is 0 Å². The number of hydrogen-bond donors (Lipinski definition) is 1. The second-order valence-corrected chi connectivity index (χ2v) is 6.25. The number of rotatable bonds is 6. The number of carbonyl (C=O) groups excluding carboxylic acids is 1. The SMILES string of the molecule is CN(CC(=O)N(CC(=O)O)C1CC1)S(C)(=O)=O. The highest BCUT2D eigenvalue weighted by molar-refractivity contribution is 7.88. The van der Waals surface area contributed by atoms with Gasteiger partial charge >= 0.3 is 5.97 Å². The molecule has 0 heterocycles. The van der Waals surface area contributed by atoms with E-state index in [-0.39, 0.29) is 19.1 Å². The Hall–Kier alpha value is -1.15. The van der Waals surface area contributed by atoms with Crippen LogP contribution in [0.15, 0.2) is 0 Å². The predicted octanol–water partition coefficient (Wildman–Crippen LogP) is -1.05. The van der Waals surface area contributed by atoms with Crippen LogP contribution in [0.2, 0.25) is 0 Å². The van der Waals surface area contributed by atoms with Gasteiger partial charge in [0.05, 0.1) is 12.8 Å². The first kappa shape index (κ1) is 13.9. The Balaban J connectivity index is 2.63. The van der Waals surface area contributed by atoms with E-state index < -0.39 is 21.9 Å². The fraction of sp³-hybridized carbons (Fsp3) is 0.778. The van der Waals surface area contributed by atoms with Crippen LogP contribution >= 0.6 is 0 Å². The quantitative estimate of drug-likeness (QED) is 0.660. The van der Waals surface area contributed by atoms with Gasteiger partial charge in [-0.05, 0) is 12.8 Å². The predicted molar refractivity (Wildman–Crippen MR) is 59.8 cm³/mol. The van der Waals surface area contributed by atoms with E-state index in [9.17, 15) is 18.0 Å². The molecule has 1 rings (SSSR count). The summed E-state index contributed by atoms with van der Waals surface area (Å²) in [6, 6.07) is -0.0495. The van der Waals surface area contributed by atoms with Gasteiger partial charge in [-0.3, -0.25) is 9.59 Å². The molecule has 7 nitrogen and oxygen atoms in total. The summed E-state index contributed by atoms with van der Waals surface area (Å²) >= 11 is 0. The highest BCUT2D eigenvalue weighted by Gasteiger charge is 2.34. The molecule has 17 heavy (non-hydrogen) atoms. The van der Waals surface area contributed by atoms with Crippen molar-refractivity contribution in [3.8, 4) is 0 Å². The maximum atomic E-state index is 11.8. The Morgan fingerprint density at radius 2 is 1.82 bits per heavy atom. The van der Waals surface area contributed by atoms with Gasteiger partial charge in [0.25, 0.3) is 0 Å². The van der Waals surface area contributed by atoms with Gasteiger partial charge in [-0.15, -0.1) is 0 Å². The lowest BCUT2D eigenvalue weighted by Gasteiger charge is -2.22. The van der Waals surface area contributed by atoms with Crippen LogP contribution < -0.4 is 0 Å². The number of carboxylic acid groups (broad SMARTS) is 1. The molecule has 0 radical (unpaired) electrons. The molecule has 0 aromatic heterocycles. The average molecular weight is 264 g/mol. The van der Waals surface area contributed by atoms with Crippen LogP contribution in [0.3, 0.4) is 0 Å². The van der Waals surface area contributed by atoms with Crippen molar-refractivity contribution in [3.05, 3.63) is 0 Å². The summed E-state index contributed by atoms with van der Waals surface area (Å²) in [5.41, 5.74) is 0. The molecular weight excluding hydrogens is 248 g/mol. The molecule has 1 aliphatic rings. The summed E-state index contributed by atoms with van der Waals surface area (Å²) in [5, 5.41) is 8.68. The number of carbonyl (C=O) groups is 2. The molecule has 1 N–H and O–H groups in total. The zero-order valence-electron chi connectivity index (χ0n) is 9.79. The highest BCUT2D eigenvalue weighted by atomic mass is 32.2. The number of carboxylic acids is 1. The third-order valence-electron chi connectivity index (χ3n) is 2.54. The molecule has 0 saturated heterocycles. The summed E-state index contributed by atoms with van der Waals surface area (Å²) in [6.07, 6.45) is 2.56. The fourth-order valence-electron chi connectivity index (χ4n) is 1.35. The first-order valence-electron chi connectivity index (χ1n) is 5.14. The minimum absolute atomic E-state index is 0.0495. The lowest BCUT2D eigenvalue weighted by Crippen LogP contribution is -2.44. The number of sulfonamides is 1. The maximum Gasteiger partial charge on any atom is 0.323 e. The molecule has 1 aliphatic carbocycles. The molecular formula is C9H16N2O5S. The van der Waals surface area contributed by atoms with E-state index >= 15 is 0 Å². The van der Waals surface area contributed by atoms with Gasteiger partial charge in [0.15, 0.2) is 0 Å². The van der Waals surface area contributed by atoms with Gasteiger partial charge in [0, 0.05) is 13.1 Å². The van der Waals surface area contributed by atoms with Crippen molar-refractivity contribution in [1.29, 1.82) is 0 Å². The lowest BCUT2D eigenvalue weighted by atomic mass is 10.4. The molecule has 0 aromatic rings. The third-order valence-corrected chi connectivity index (χ3v) is 3.80. The summed E-state index contributed by atoms with van der Waals surface area (Å²) in [7, 11) is -2.14. The van der Waals surface area contributed by atoms with E-state index in [0.29, 0.717) is 0 Å². The number of hydrogen-bond acceptors (Lipinski definition) is 4. The second kappa shape index (κ2) is 5.01. The Labute approximate surface area is 100 Å². The van der Waals surface area contributed by atoms with Crippen LogP contribution in [-0.4, -0.2) is 67.0 Å². The molecule has 0 atom stereocenters. The monoisotopic (exact) mass is 264 g/mol. The van der Waals surface area contributed by atoms with Crippen molar-refractivity contribution in [3.63, 3.8) is 0 Å². The van der Waals surface area contributed by atoms with Crippen molar-refractivity contribution < 1.29 is 23.1 Å². The minimum atomic E-state index is -3.43. The topological polar surface area (TPSA) is 95.0 Å². The molecule has 98 valence electrons. The molecule has 1 saturated carbocycles. The molecule has 0 aromatic carbocycles. The van der Waals surface area contributed by atoms with E-state index in [1.54, 1.807) is 0 Å². The van der Waals surface area contributed by atoms with Crippen molar-refractivity contribution >= 4 is 21.9 Å². The average Bonchev–Trinajstić information content (AvgIpc) is 2.95. The summed E-state index contributed by atoms with van der Waals surface area (Å²) in [5.74, 6) is -1.56. The first-order chi connectivity index (χ1) is 7.71. The Morgan fingerprint density at radius 1 is 1.29 bits per heavy atom. The molecule has 1 amide bonds. The van der Waals surface area contributed by atoms with Gasteiger partial charge < -0.3 is 10.0 Å². The molecule has 8 heteroatoms. The van der Waals surface area contributed by atoms with Crippen LogP contribution in [0.4, 0.5) is 0 Å². The Kier molecular flexibility index (Phi) is 4.10. The van der Waals surface area contributed by atoms with Gasteiger partial charge in [0.1, 0.15) is 6.54 Å². The minimum Gasteiger partial charge on any atom is -0.480 e. The molecule has 0 aliphatic heterocycles. The van der Waals surface area contributed by atoms with Crippen LogP contribution in [0, 0.1) is 0 Å². The van der Waals surface area contributed by atoms with Gasteiger partial charge in [0.2, 0.25) is 15.9 Å². The van der Waals surface area contributed by atoms with E-state index in [0.717, 1.165) is 23.4 Å². The zero-order valence-corrected chi connectivity index (χ0v) is 10.6. The normalized spacial score (nSPS) is 15.9. The van der Waals surface area contributed by atoms with Crippen molar-refractivity contribution in [2.24, 2.45) is 0 Å². The van der Waals surface area contributed by atoms with E-state index in [1.165, 1.54) is 11.9 Å². The molecule has 0 bridgehead atoms. The van der Waals surface area contributed by atoms with Gasteiger partial charge in [-0.2, -0.15) is 4.31 Å². The largest absolute Gasteiger partial charge is 0.480 e. The number of nitrogens with zero attached hydrogens (tertiary/aromatic N) is 2. The summed E-state index contributed by atoms with van der Waals surface area (Å²) < 4.78 is 23.2. The zero-order chi connectivity index (χ0) is 13.2.